The molecule has 0 aliphatic rings. The van der Waals surface area contributed by atoms with E-state index in [4.69, 9.17) is 4.52 Å². The highest BCUT2D eigenvalue weighted by Crippen LogP contribution is 2.10. The van der Waals surface area contributed by atoms with Gasteiger partial charge < -0.3 is 14.8 Å². The molecule has 1 aromatic carbocycles. The minimum absolute atomic E-state index is 0.202. The van der Waals surface area contributed by atoms with E-state index in [0.717, 1.165) is 11.0 Å². The van der Waals surface area contributed by atoms with Crippen LogP contribution in [0.2, 0.25) is 0 Å². The average Bonchev–Trinajstić information content (AvgIpc) is 3.01. The third-order valence-corrected chi connectivity index (χ3v) is 2.71. The summed E-state index contributed by atoms with van der Waals surface area (Å²) in [4.78, 5) is 19.3. The predicted molar refractivity (Wildman–Crippen MR) is 68.5 cm³/mol. The van der Waals surface area contributed by atoms with Crippen LogP contribution in [0.1, 0.15) is 22.1 Å². The summed E-state index contributed by atoms with van der Waals surface area (Å²) < 4.78 is 4.88. The molecule has 2 aromatic heterocycles. The Kier molecular flexibility index (Phi) is 2.75. The van der Waals surface area contributed by atoms with E-state index in [-0.39, 0.29) is 11.7 Å². The highest BCUT2D eigenvalue weighted by Gasteiger charge is 2.11. The fourth-order valence-corrected chi connectivity index (χ4v) is 1.81. The van der Waals surface area contributed by atoms with E-state index in [2.05, 4.69) is 20.4 Å². The molecule has 0 spiro atoms. The highest BCUT2D eigenvalue weighted by molar-refractivity contribution is 5.91. The van der Waals surface area contributed by atoms with Crippen molar-refractivity contribution in [1.29, 1.82) is 0 Å². The van der Waals surface area contributed by atoms with Crippen molar-refractivity contribution in [3.8, 4) is 0 Å². The van der Waals surface area contributed by atoms with Crippen molar-refractivity contribution >= 4 is 16.9 Å². The largest absolute Gasteiger partial charge is 0.351 e. The van der Waals surface area contributed by atoms with Crippen LogP contribution in [0.25, 0.3) is 11.0 Å². The van der Waals surface area contributed by atoms with Crippen molar-refractivity contribution in [3.05, 3.63) is 47.6 Å². The third kappa shape index (κ3) is 2.33. The molecule has 3 rings (SSSR count). The van der Waals surface area contributed by atoms with E-state index in [1.807, 2.05) is 24.3 Å². The second-order valence-electron chi connectivity index (χ2n) is 4.22. The molecule has 0 unspecified atom stereocenters. The quantitative estimate of drug-likeness (QED) is 0.748. The van der Waals surface area contributed by atoms with Crippen LogP contribution in [0, 0.1) is 6.92 Å². The molecular formula is C13H12N4O2. The SMILES string of the molecule is Cc1cc(C(=O)NCc2nc3ccccc3[nH]2)on1. The first-order valence-electron chi connectivity index (χ1n) is 5.87. The highest BCUT2D eigenvalue weighted by atomic mass is 16.5. The number of hydrogen-bond acceptors (Lipinski definition) is 4. The van der Waals surface area contributed by atoms with Crippen molar-refractivity contribution < 1.29 is 9.32 Å². The Hall–Kier alpha value is -2.63. The molecule has 0 radical (unpaired) electrons. The smallest absolute Gasteiger partial charge is 0.290 e. The van der Waals surface area contributed by atoms with Gasteiger partial charge in [-0.3, -0.25) is 4.79 Å². The van der Waals surface area contributed by atoms with Crippen molar-refractivity contribution in [3.63, 3.8) is 0 Å². The summed E-state index contributed by atoms with van der Waals surface area (Å²) in [6.07, 6.45) is 0. The number of amides is 1. The Morgan fingerprint density at radius 1 is 1.42 bits per heavy atom. The van der Waals surface area contributed by atoms with Gasteiger partial charge in [0.15, 0.2) is 0 Å². The van der Waals surface area contributed by atoms with Crippen molar-refractivity contribution in [2.75, 3.05) is 0 Å². The Morgan fingerprint density at radius 3 is 3.00 bits per heavy atom. The molecule has 3 aromatic rings. The second kappa shape index (κ2) is 4.56. The number of carbonyl (C=O) groups is 1. The number of H-pyrrole nitrogens is 1. The molecule has 0 saturated carbocycles. The summed E-state index contributed by atoms with van der Waals surface area (Å²) >= 11 is 0. The number of aromatic nitrogens is 3. The minimum Gasteiger partial charge on any atom is -0.351 e. The van der Waals surface area contributed by atoms with Gasteiger partial charge >= 0.3 is 0 Å². The van der Waals surface area contributed by atoms with E-state index in [1.165, 1.54) is 0 Å². The lowest BCUT2D eigenvalue weighted by Crippen LogP contribution is -2.22. The van der Waals surface area contributed by atoms with Crippen LogP contribution in [0.4, 0.5) is 0 Å². The zero-order valence-corrected chi connectivity index (χ0v) is 10.3. The maximum absolute atomic E-state index is 11.8. The molecule has 96 valence electrons. The maximum Gasteiger partial charge on any atom is 0.290 e. The van der Waals surface area contributed by atoms with Crippen LogP contribution in [0.5, 0.6) is 0 Å². The fourth-order valence-electron chi connectivity index (χ4n) is 1.81. The monoisotopic (exact) mass is 256 g/mol. The maximum atomic E-state index is 11.8. The molecular weight excluding hydrogens is 244 g/mol. The van der Waals surface area contributed by atoms with E-state index < -0.39 is 0 Å². The number of rotatable bonds is 3. The summed E-state index contributed by atoms with van der Waals surface area (Å²) in [5.74, 6) is 0.598. The van der Waals surface area contributed by atoms with Crippen LogP contribution < -0.4 is 5.32 Å². The first-order valence-corrected chi connectivity index (χ1v) is 5.87. The summed E-state index contributed by atoms with van der Waals surface area (Å²) in [5.41, 5.74) is 2.50. The summed E-state index contributed by atoms with van der Waals surface area (Å²) in [6.45, 7) is 2.08. The van der Waals surface area contributed by atoms with Crippen LogP contribution in [0.15, 0.2) is 34.9 Å². The molecule has 2 N–H and O–H groups in total. The van der Waals surface area contributed by atoms with Gasteiger partial charge in [-0.25, -0.2) is 4.98 Å². The number of aromatic amines is 1. The third-order valence-electron chi connectivity index (χ3n) is 2.71. The fraction of sp³-hybridized carbons (Fsp3) is 0.154. The minimum atomic E-state index is -0.305. The normalized spacial score (nSPS) is 10.8. The molecule has 0 aliphatic carbocycles. The van der Waals surface area contributed by atoms with Crippen LogP contribution >= 0.6 is 0 Å². The van der Waals surface area contributed by atoms with Gasteiger partial charge in [-0.15, -0.1) is 0 Å². The van der Waals surface area contributed by atoms with Gasteiger partial charge in [0.1, 0.15) is 5.82 Å². The number of nitrogens with one attached hydrogen (secondary N) is 2. The topological polar surface area (TPSA) is 83.8 Å². The van der Waals surface area contributed by atoms with Crippen LogP contribution in [-0.2, 0) is 6.54 Å². The first kappa shape index (κ1) is 11.5. The predicted octanol–water partition coefficient (Wildman–Crippen LogP) is 1.79. The van der Waals surface area contributed by atoms with E-state index in [0.29, 0.717) is 18.1 Å². The van der Waals surface area contributed by atoms with Crippen LogP contribution in [-0.4, -0.2) is 21.0 Å². The van der Waals surface area contributed by atoms with Crippen molar-refractivity contribution in [1.82, 2.24) is 20.4 Å². The number of imidazole rings is 1. The summed E-state index contributed by atoms with van der Waals surface area (Å²) in [7, 11) is 0. The Balaban J connectivity index is 1.70. The van der Waals surface area contributed by atoms with E-state index in [9.17, 15) is 4.79 Å². The molecule has 6 nitrogen and oxygen atoms in total. The number of nitrogens with zero attached hydrogens (tertiary/aromatic N) is 2. The number of carbonyl (C=O) groups excluding carboxylic acids is 1. The molecule has 1 amide bonds. The Bertz CT molecular complexity index is 696. The molecule has 6 heteroatoms. The van der Waals surface area contributed by atoms with Gasteiger partial charge in [-0.1, -0.05) is 17.3 Å². The van der Waals surface area contributed by atoms with E-state index in [1.54, 1.807) is 13.0 Å². The van der Waals surface area contributed by atoms with Crippen LogP contribution in [0.3, 0.4) is 0 Å². The number of aryl methyl sites for hydroxylation is 1. The summed E-state index contributed by atoms with van der Waals surface area (Å²) in [5, 5.41) is 6.39. The molecule has 0 fully saturated rings. The van der Waals surface area contributed by atoms with Gasteiger partial charge in [-0.05, 0) is 19.1 Å². The van der Waals surface area contributed by atoms with Gasteiger partial charge in [0.05, 0.1) is 23.3 Å². The van der Waals surface area contributed by atoms with Crippen molar-refractivity contribution in [2.45, 2.75) is 13.5 Å². The van der Waals surface area contributed by atoms with E-state index >= 15 is 0 Å². The number of para-hydroxylation sites is 2. The number of fused-ring (bicyclic) bond motifs is 1. The molecule has 0 bridgehead atoms. The van der Waals surface area contributed by atoms with Gasteiger partial charge in [0.25, 0.3) is 5.91 Å². The summed E-state index contributed by atoms with van der Waals surface area (Å²) in [6, 6.07) is 9.29. The zero-order valence-electron chi connectivity index (χ0n) is 10.3. The zero-order chi connectivity index (χ0) is 13.2. The molecule has 0 aliphatic heterocycles. The Labute approximate surface area is 108 Å². The lowest BCUT2D eigenvalue weighted by molar-refractivity contribution is 0.0913. The molecule has 2 heterocycles. The van der Waals surface area contributed by atoms with Gasteiger partial charge in [-0.2, -0.15) is 0 Å². The number of hydrogen-bond donors (Lipinski definition) is 2. The lowest BCUT2D eigenvalue weighted by atomic mass is 10.3. The second-order valence-corrected chi connectivity index (χ2v) is 4.22. The van der Waals surface area contributed by atoms with Gasteiger partial charge in [0.2, 0.25) is 5.76 Å². The van der Waals surface area contributed by atoms with Gasteiger partial charge in [0, 0.05) is 6.07 Å². The standard InChI is InChI=1S/C13H12N4O2/c1-8-6-11(19-17-8)13(18)14-7-12-15-9-4-2-3-5-10(9)16-12/h2-6H,7H2,1H3,(H,14,18)(H,15,16). The first-order chi connectivity index (χ1) is 9.22. The molecule has 0 saturated heterocycles. The van der Waals surface area contributed by atoms with Crippen molar-refractivity contribution in [2.24, 2.45) is 0 Å². The molecule has 0 atom stereocenters. The molecule has 19 heavy (non-hydrogen) atoms. The lowest BCUT2D eigenvalue weighted by Gasteiger charge is -1.98. The number of benzene rings is 1. The Morgan fingerprint density at radius 2 is 2.26 bits per heavy atom. The average molecular weight is 256 g/mol.